The van der Waals surface area contributed by atoms with Crippen molar-refractivity contribution in [1.29, 1.82) is 0 Å². The van der Waals surface area contributed by atoms with Crippen LogP contribution in [0.5, 0.6) is 11.6 Å². The van der Waals surface area contributed by atoms with Gasteiger partial charge in [-0.15, -0.1) is 10.2 Å². The van der Waals surface area contributed by atoms with Crippen LogP contribution in [0.25, 0.3) is 11.3 Å². The van der Waals surface area contributed by atoms with Crippen molar-refractivity contribution < 1.29 is 9.47 Å². The van der Waals surface area contributed by atoms with Crippen LogP contribution in [0.2, 0.25) is 0 Å². The Balaban J connectivity index is 1.77. The van der Waals surface area contributed by atoms with Crippen molar-refractivity contribution in [2.45, 2.75) is 26.4 Å². The molecule has 0 aliphatic heterocycles. The predicted octanol–water partition coefficient (Wildman–Crippen LogP) is 4.32. The topological polar surface area (TPSA) is 56.3 Å². The molecule has 27 heavy (non-hydrogen) atoms. The molecule has 0 fully saturated rings. The Labute approximate surface area is 160 Å². The van der Waals surface area contributed by atoms with Gasteiger partial charge in [-0.25, -0.2) is 0 Å². The molecule has 1 heterocycles. The Morgan fingerprint density at radius 2 is 1.70 bits per heavy atom. The highest BCUT2D eigenvalue weighted by Crippen LogP contribution is 2.30. The van der Waals surface area contributed by atoms with E-state index in [-0.39, 0.29) is 6.04 Å². The number of hydrogen-bond acceptors (Lipinski definition) is 5. The molecule has 0 unspecified atom stereocenters. The first-order valence-electron chi connectivity index (χ1n) is 8.95. The standard InChI is InChI=1S/C22H25N3O2/c1-15-5-8-18(9-6-15)16(2)23-14-17-7-11-21(26-3)19(13-17)20-10-12-22(27-4)25-24-20/h5-13,16,23H,14H2,1-4H3/t16-/m1/s1. The van der Waals surface area contributed by atoms with Gasteiger partial charge in [-0.1, -0.05) is 35.9 Å². The molecule has 0 aliphatic rings. The van der Waals surface area contributed by atoms with Gasteiger partial charge in [0.1, 0.15) is 5.75 Å². The van der Waals surface area contributed by atoms with Crippen LogP contribution in [0.4, 0.5) is 0 Å². The number of benzene rings is 2. The third kappa shape index (κ3) is 4.63. The van der Waals surface area contributed by atoms with Crippen LogP contribution in [-0.2, 0) is 6.54 Å². The molecule has 0 amide bonds. The van der Waals surface area contributed by atoms with E-state index in [0.717, 1.165) is 29.1 Å². The first kappa shape index (κ1) is 18.9. The van der Waals surface area contributed by atoms with Gasteiger partial charge in [-0.3, -0.25) is 0 Å². The average Bonchev–Trinajstić information content (AvgIpc) is 2.72. The Morgan fingerprint density at radius 1 is 0.926 bits per heavy atom. The van der Waals surface area contributed by atoms with Crippen LogP contribution in [0.3, 0.4) is 0 Å². The van der Waals surface area contributed by atoms with Crippen molar-refractivity contribution in [3.05, 3.63) is 71.3 Å². The fourth-order valence-electron chi connectivity index (χ4n) is 2.88. The zero-order chi connectivity index (χ0) is 19.2. The molecule has 0 aliphatic carbocycles. The molecule has 140 valence electrons. The largest absolute Gasteiger partial charge is 0.496 e. The fourth-order valence-corrected chi connectivity index (χ4v) is 2.88. The van der Waals surface area contributed by atoms with E-state index in [1.165, 1.54) is 11.1 Å². The second kappa shape index (κ2) is 8.64. The Bertz CT molecular complexity index is 877. The van der Waals surface area contributed by atoms with Crippen LogP contribution in [0.1, 0.15) is 29.7 Å². The lowest BCUT2D eigenvalue weighted by Gasteiger charge is -2.16. The van der Waals surface area contributed by atoms with E-state index in [4.69, 9.17) is 9.47 Å². The van der Waals surface area contributed by atoms with Gasteiger partial charge in [0.05, 0.1) is 19.9 Å². The Hall–Kier alpha value is -2.92. The SMILES string of the molecule is COc1ccc(-c2cc(CN[C@H](C)c3ccc(C)cc3)ccc2OC)nn1. The average molecular weight is 363 g/mol. The molecule has 3 rings (SSSR count). The van der Waals surface area contributed by atoms with Gasteiger partial charge >= 0.3 is 0 Å². The van der Waals surface area contributed by atoms with E-state index in [1.54, 1.807) is 20.3 Å². The molecule has 1 aromatic heterocycles. The number of hydrogen-bond donors (Lipinski definition) is 1. The summed E-state index contributed by atoms with van der Waals surface area (Å²) in [5.41, 5.74) is 5.36. The van der Waals surface area contributed by atoms with Gasteiger partial charge in [0.15, 0.2) is 0 Å². The molecule has 0 saturated carbocycles. The number of nitrogens with one attached hydrogen (secondary N) is 1. The van der Waals surface area contributed by atoms with Gasteiger partial charge in [0.25, 0.3) is 0 Å². The van der Waals surface area contributed by atoms with Crippen LogP contribution < -0.4 is 14.8 Å². The molecule has 0 spiro atoms. The van der Waals surface area contributed by atoms with Crippen LogP contribution in [-0.4, -0.2) is 24.4 Å². The van der Waals surface area contributed by atoms with Crippen molar-refractivity contribution in [3.63, 3.8) is 0 Å². The van der Waals surface area contributed by atoms with Crippen molar-refractivity contribution in [1.82, 2.24) is 15.5 Å². The molecule has 0 saturated heterocycles. The van der Waals surface area contributed by atoms with Crippen LogP contribution in [0.15, 0.2) is 54.6 Å². The van der Waals surface area contributed by atoms with Gasteiger partial charge in [0, 0.05) is 24.2 Å². The fraction of sp³-hybridized carbons (Fsp3) is 0.273. The minimum absolute atomic E-state index is 0.261. The normalized spacial score (nSPS) is 11.9. The van der Waals surface area contributed by atoms with E-state index < -0.39 is 0 Å². The first-order chi connectivity index (χ1) is 13.1. The molecular weight excluding hydrogens is 338 g/mol. The lowest BCUT2D eigenvalue weighted by molar-refractivity contribution is 0.392. The molecule has 0 radical (unpaired) electrons. The van der Waals surface area contributed by atoms with Gasteiger partial charge in [-0.2, -0.15) is 0 Å². The maximum atomic E-state index is 5.50. The van der Waals surface area contributed by atoms with Gasteiger partial charge in [0.2, 0.25) is 5.88 Å². The monoisotopic (exact) mass is 363 g/mol. The number of aromatic nitrogens is 2. The highest BCUT2D eigenvalue weighted by atomic mass is 16.5. The summed E-state index contributed by atoms with van der Waals surface area (Å²) < 4.78 is 10.6. The number of rotatable bonds is 7. The summed E-state index contributed by atoms with van der Waals surface area (Å²) in [6.07, 6.45) is 0. The molecular formula is C22H25N3O2. The van der Waals surface area contributed by atoms with Crippen molar-refractivity contribution in [2.75, 3.05) is 14.2 Å². The van der Waals surface area contributed by atoms with E-state index >= 15 is 0 Å². The molecule has 3 aromatic rings. The smallest absolute Gasteiger partial charge is 0.233 e. The van der Waals surface area contributed by atoms with E-state index in [0.29, 0.717) is 5.88 Å². The summed E-state index contributed by atoms with van der Waals surface area (Å²) in [6, 6.07) is 18.7. The summed E-state index contributed by atoms with van der Waals surface area (Å²) in [7, 11) is 3.24. The first-order valence-corrected chi connectivity index (χ1v) is 8.95. The van der Waals surface area contributed by atoms with Crippen molar-refractivity contribution >= 4 is 0 Å². The van der Waals surface area contributed by atoms with Gasteiger partial charge < -0.3 is 14.8 Å². The van der Waals surface area contributed by atoms with E-state index in [2.05, 4.69) is 65.8 Å². The second-order valence-electron chi connectivity index (χ2n) is 6.51. The summed E-state index contributed by atoms with van der Waals surface area (Å²) in [6.45, 7) is 5.02. The summed E-state index contributed by atoms with van der Waals surface area (Å²) in [5, 5.41) is 11.9. The summed E-state index contributed by atoms with van der Waals surface area (Å²) in [5.74, 6) is 1.26. The quantitative estimate of drug-likeness (QED) is 0.677. The van der Waals surface area contributed by atoms with Crippen LogP contribution >= 0.6 is 0 Å². The minimum Gasteiger partial charge on any atom is -0.496 e. The maximum absolute atomic E-state index is 5.50. The van der Waals surface area contributed by atoms with Gasteiger partial charge in [-0.05, 0) is 43.2 Å². The molecule has 1 atom stereocenters. The van der Waals surface area contributed by atoms with Crippen molar-refractivity contribution in [3.8, 4) is 22.9 Å². The number of ether oxygens (including phenoxy) is 2. The van der Waals surface area contributed by atoms with E-state index in [1.807, 2.05) is 12.1 Å². The highest BCUT2D eigenvalue weighted by Gasteiger charge is 2.11. The molecule has 1 N–H and O–H groups in total. The molecule has 0 bridgehead atoms. The molecule has 2 aromatic carbocycles. The predicted molar refractivity (Wildman–Crippen MR) is 107 cm³/mol. The third-order valence-electron chi connectivity index (χ3n) is 4.58. The summed E-state index contributed by atoms with van der Waals surface area (Å²) in [4.78, 5) is 0. The lowest BCUT2D eigenvalue weighted by Crippen LogP contribution is -2.18. The number of nitrogens with zero attached hydrogens (tertiary/aromatic N) is 2. The Kier molecular flexibility index (Phi) is 6.04. The highest BCUT2D eigenvalue weighted by molar-refractivity contribution is 5.67. The molecule has 5 heteroatoms. The number of aryl methyl sites for hydroxylation is 1. The third-order valence-corrected chi connectivity index (χ3v) is 4.58. The van der Waals surface area contributed by atoms with E-state index in [9.17, 15) is 0 Å². The Morgan fingerprint density at radius 3 is 2.33 bits per heavy atom. The van der Waals surface area contributed by atoms with Crippen molar-refractivity contribution in [2.24, 2.45) is 0 Å². The maximum Gasteiger partial charge on any atom is 0.233 e. The summed E-state index contributed by atoms with van der Waals surface area (Å²) >= 11 is 0. The second-order valence-corrected chi connectivity index (χ2v) is 6.51. The van der Waals surface area contributed by atoms with Crippen LogP contribution in [0, 0.1) is 6.92 Å². The zero-order valence-electron chi connectivity index (χ0n) is 16.2. The minimum atomic E-state index is 0.261. The zero-order valence-corrected chi connectivity index (χ0v) is 16.2. The molecule has 5 nitrogen and oxygen atoms in total. The lowest BCUT2D eigenvalue weighted by atomic mass is 10.0. The number of methoxy groups -OCH3 is 2.